The third-order valence-corrected chi connectivity index (χ3v) is 4.70. The van der Waals surface area contributed by atoms with E-state index in [9.17, 15) is 4.79 Å². The van der Waals surface area contributed by atoms with Gasteiger partial charge < -0.3 is 15.4 Å². The number of para-hydroxylation sites is 1. The Labute approximate surface area is 175 Å². The number of nitrogens with zero attached hydrogens (tertiary/aromatic N) is 2. The Morgan fingerprint density at radius 3 is 2.27 bits per heavy atom. The lowest BCUT2D eigenvalue weighted by atomic mass is 10.3. The van der Waals surface area contributed by atoms with Gasteiger partial charge in [-0.25, -0.2) is 4.68 Å². The number of hydrogen-bond acceptors (Lipinski definition) is 7. The van der Waals surface area contributed by atoms with E-state index >= 15 is 0 Å². The van der Waals surface area contributed by atoms with Crippen molar-refractivity contribution in [1.82, 2.24) is 14.7 Å². The Balaban J connectivity index is 1.66. The van der Waals surface area contributed by atoms with Crippen LogP contribution in [0.1, 0.15) is 12.6 Å². The van der Waals surface area contributed by atoms with Gasteiger partial charge in [-0.1, -0.05) is 18.2 Å². The first kappa shape index (κ1) is 21.4. The maximum Gasteiger partial charge on any atom is 0.295 e. The minimum Gasteiger partial charge on any atom is -0.494 e. The first-order chi connectivity index (χ1) is 14.4. The van der Waals surface area contributed by atoms with E-state index in [2.05, 4.69) is 16.0 Å². The molecule has 2 unspecified atom stereocenters. The van der Waals surface area contributed by atoms with Crippen LogP contribution in [0.5, 0.6) is 5.75 Å². The summed E-state index contributed by atoms with van der Waals surface area (Å²) in [7, 11) is 1.83. The fraction of sp³-hybridized carbons (Fsp3) is 0.286. The molecule has 0 saturated carbocycles. The molecule has 160 valence electrons. The number of benzene rings is 2. The molecule has 2 atom stereocenters. The van der Waals surface area contributed by atoms with Gasteiger partial charge in [-0.2, -0.15) is 0 Å². The molecule has 0 bridgehead atoms. The van der Waals surface area contributed by atoms with E-state index in [1.54, 1.807) is 9.36 Å². The van der Waals surface area contributed by atoms with Crippen molar-refractivity contribution in [1.29, 1.82) is 0 Å². The monoisotopic (exact) mass is 411 g/mol. The lowest BCUT2D eigenvalue weighted by Crippen LogP contribution is -2.56. The van der Waals surface area contributed by atoms with Gasteiger partial charge in [0.2, 0.25) is 0 Å². The van der Waals surface area contributed by atoms with Crippen LogP contribution in [-0.4, -0.2) is 28.5 Å². The molecule has 9 heteroatoms. The fourth-order valence-corrected chi connectivity index (χ4v) is 3.16. The Morgan fingerprint density at radius 1 is 1.00 bits per heavy atom. The van der Waals surface area contributed by atoms with Gasteiger partial charge in [0.25, 0.3) is 5.56 Å². The molecular formula is C21H29N7O2. The highest BCUT2D eigenvalue weighted by Gasteiger charge is 2.18. The molecule has 0 aliphatic rings. The Bertz CT molecular complexity index is 1010. The van der Waals surface area contributed by atoms with Crippen LogP contribution in [0.4, 0.5) is 11.4 Å². The molecule has 0 aliphatic heterocycles. The zero-order valence-electron chi connectivity index (χ0n) is 17.4. The summed E-state index contributed by atoms with van der Waals surface area (Å²) in [4.78, 5) is 12.9. The molecule has 3 rings (SSSR count). The Morgan fingerprint density at radius 2 is 1.63 bits per heavy atom. The summed E-state index contributed by atoms with van der Waals surface area (Å²) in [6.45, 7) is 4.40. The average Bonchev–Trinajstić information content (AvgIpc) is 2.93. The Hall–Kier alpha value is -3.27. The Kier molecular flexibility index (Phi) is 6.78. The molecule has 2 aromatic carbocycles. The van der Waals surface area contributed by atoms with Crippen LogP contribution in [0.25, 0.3) is 5.69 Å². The van der Waals surface area contributed by atoms with E-state index in [-0.39, 0.29) is 5.56 Å². The van der Waals surface area contributed by atoms with Gasteiger partial charge in [0.1, 0.15) is 24.0 Å². The lowest BCUT2D eigenvalue weighted by molar-refractivity contribution is 0.340. The lowest BCUT2D eigenvalue weighted by Gasteiger charge is -2.22. The number of rotatable bonds is 9. The third kappa shape index (κ3) is 4.82. The van der Waals surface area contributed by atoms with Gasteiger partial charge in [0.05, 0.1) is 18.0 Å². The molecule has 0 fully saturated rings. The molecule has 30 heavy (non-hydrogen) atoms. The van der Waals surface area contributed by atoms with Crippen molar-refractivity contribution in [2.45, 2.75) is 26.4 Å². The summed E-state index contributed by atoms with van der Waals surface area (Å²) in [6.07, 6.45) is -1.38. The number of nitrogens with one attached hydrogen (secondary N) is 3. The first-order valence-electron chi connectivity index (χ1n) is 9.78. The summed E-state index contributed by atoms with van der Waals surface area (Å²) in [6, 6.07) is 16.9. The van der Waals surface area contributed by atoms with E-state index in [0.29, 0.717) is 12.3 Å². The summed E-state index contributed by atoms with van der Waals surface area (Å²) in [5, 5.41) is 9.11. The van der Waals surface area contributed by atoms with Crippen LogP contribution in [0.15, 0.2) is 59.4 Å². The molecule has 1 heterocycles. The van der Waals surface area contributed by atoms with E-state index < -0.39 is 12.6 Å². The highest BCUT2D eigenvalue weighted by molar-refractivity contribution is 5.50. The molecule has 0 saturated heterocycles. The van der Waals surface area contributed by atoms with Gasteiger partial charge in [-0.3, -0.25) is 26.3 Å². The second kappa shape index (κ2) is 9.49. The van der Waals surface area contributed by atoms with Crippen molar-refractivity contribution in [3.8, 4) is 11.4 Å². The molecular weight excluding hydrogens is 382 g/mol. The molecule has 0 amide bonds. The quantitative estimate of drug-likeness (QED) is 0.338. The number of aromatic nitrogens is 2. The largest absolute Gasteiger partial charge is 0.494 e. The number of ether oxygens (including phenoxy) is 1. The summed E-state index contributed by atoms with van der Waals surface area (Å²) in [5.74, 6) is 0.789. The normalized spacial score (nSPS) is 13.0. The van der Waals surface area contributed by atoms with Crippen LogP contribution in [0.3, 0.4) is 0 Å². The van der Waals surface area contributed by atoms with Crippen LogP contribution in [-0.2, 0) is 7.05 Å². The maximum absolute atomic E-state index is 12.9. The minimum absolute atomic E-state index is 0.188. The van der Waals surface area contributed by atoms with Gasteiger partial charge in [-0.15, -0.1) is 0 Å². The first-order valence-corrected chi connectivity index (χ1v) is 9.78. The van der Waals surface area contributed by atoms with Crippen molar-refractivity contribution in [3.63, 3.8) is 0 Å². The van der Waals surface area contributed by atoms with E-state index in [0.717, 1.165) is 22.8 Å². The molecule has 0 radical (unpaired) electrons. The topological polar surface area (TPSA) is 124 Å². The van der Waals surface area contributed by atoms with Crippen molar-refractivity contribution in [3.05, 3.63) is 70.6 Å². The van der Waals surface area contributed by atoms with Crippen molar-refractivity contribution < 1.29 is 4.74 Å². The molecule has 0 aliphatic carbocycles. The van der Waals surface area contributed by atoms with Crippen LogP contribution >= 0.6 is 0 Å². The van der Waals surface area contributed by atoms with Gasteiger partial charge >= 0.3 is 0 Å². The highest BCUT2D eigenvalue weighted by Crippen LogP contribution is 2.16. The van der Waals surface area contributed by atoms with Crippen LogP contribution in [0, 0.1) is 6.92 Å². The van der Waals surface area contributed by atoms with E-state index in [4.69, 9.17) is 16.2 Å². The second-order valence-corrected chi connectivity index (χ2v) is 6.80. The molecule has 1 aromatic heterocycles. The number of anilines is 2. The zero-order chi connectivity index (χ0) is 21.7. The summed E-state index contributed by atoms with van der Waals surface area (Å²) >= 11 is 0. The van der Waals surface area contributed by atoms with Gasteiger partial charge in [-0.05, 0) is 50.2 Å². The predicted octanol–water partition coefficient (Wildman–Crippen LogP) is 1.48. The second-order valence-electron chi connectivity index (χ2n) is 6.80. The standard InChI is InChI=1S/C21H29N7O2/c1-4-30-17-12-10-15(11-13-17)24-20(22)26-21(23)25-18-14(2)27(3)28(19(18)29)16-8-6-5-7-9-16/h5-13,20-21,24-26H,4,22-23H2,1-3H3. The number of nitrogens with two attached hydrogens (primary N) is 2. The third-order valence-electron chi connectivity index (χ3n) is 4.70. The van der Waals surface area contributed by atoms with E-state index in [1.807, 2.05) is 75.5 Å². The van der Waals surface area contributed by atoms with Crippen LogP contribution < -0.4 is 37.7 Å². The van der Waals surface area contributed by atoms with Crippen molar-refractivity contribution in [2.24, 2.45) is 18.5 Å². The molecule has 9 nitrogen and oxygen atoms in total. The minimum atomic E-state index is -0.742. The summed E-state index contributed by atoms with van der Waals surface area (Å²) < 4.78 is 8.79. The van der Waals surface area contributed by atoms with Crippen molar-refractivity contribution >= 4 is 11.4 Å². The predicted molar refractivity (Wildman–Crippen MR) is 120 cm³/mol. The fourth-order valence-electron chi connectivity index (χ4n) is 3.16. The van der Waals surface area contributed by atoms with Crippen LogP contribution in [0.2, 0.25) is 0 Å². The smallest absolute Gasteiger partial charge is 0.295 e. The van der Waals surface area contributed by atoms with Crippen molar-refractivity contribution in [2.75, 3.05) is 17.2 Å². The highest BCUT2D eigenvalue weighted by atomic mass is 16.5. The SMILES string of the molecule is CCOc1ccc(NC(N)NC(N)Nc2c(C)n(C)n(-c3ccccc3)c2=O)cc1. The van der Waals surface area contributed by atoms with Gasteiger partial charge in [0, 0.05) is 12.7 Å². The van der Waals surface area contributed by atoms with E-state index in [1.165, 1.54) is 0 Å². The maximum atomic E-state index is 12.9. The molecule has 3 aromatic rings. The summed E-state index contributed by atoms with van der Waals surface area (Å²) in [5.41, 5.74) is 14.8. The molecule has 0 spiro atoms. The molecule has 7 N–H and O–H groups in total. The zero-order valence-corrected chi connectivity index (χ0v) is 17.4. The average molecular weight is 412 g/mol. The number of hydrogen-bond donors (Lipinski definition) is 5. The van der Waals surface area contributed by atoms with Gasteiger partial charge in [0.15, 0.2) is 0 Å².